The summed E-state index contributed by atoms with van der Waals surface area (Å²) < 4.78 is 60.8. The normalized spacial score (nSPS) is 17.0. The van der Waals surface area contributed by atoms with Crippen LogP contribution in [-0.4, -0.2) is 33.7 Å². The number of carbonyl (C=O) groups excluding carboxylic acids is 1. The highest BCUT2D eigenvalue weighted by Gasteiger charge is 2.38. The fourth-order valence-corrected chi connectivity index (χ4v) is 3.80. The van der Waals surface area contributed by atoms with Crippen molar-refractivity contribution in [3.63, 3.8) is 0 Å². The zero-order valence-electron chi connectivity index (χ0n) is 16.0. The van der Waals surface area contributed by atoms with E-state index in [9.17, 15) is 22.4 Å². The standard InChI is InChI=1S/C20H18F4N4O2/c1-2-30-19(29)14-11-25-28-9-7-17(26-18(14)28)27-8-3-4-16(27)13-10-12(21)5-6-15(13)20(22,23)24/h5-7,9-11,16H,2-4,8H2,1H3/t16-/m1/s1. The molecule has 0 amide bonds. The maximum Gasteiger partial charge on any atom is 0.416 e. The number of fused-ring (bicyclic) bond motifs is 1. The van der Waals surface area contributed by atoms with Gasteiger partial charge in [-0.15, -0.1) is 0 Å². The Morgan fingerprint density at radius 2 is 2.10 bits per heavy atom. The molecule has 3 aromatic rings. The van der Waals surface area contributed by atoms with Crippen molar-refractivity contribution < 1.29 is 27.1 Å². The molecule has 0 unspecified atom stereocenters. The van der Waals surface area contributed by atoms with E-state index < -0.39 is 29.6 Å². The number of aromatic nitrogens is 3. The van der Waals surface area contributed by atoms with Crippen LogP contribution in [0.2, 0.25) is 0 Å². The molecule has 1 atom stereocenters. The van der Waals surface area contributed by atoms with Gasteiger partial charge in [-0.3, -0.25) is 0 Å². The first-order valence-corrected chi connectivity index (χ1v) is 9.44. The van der Waals surface area contributed by atoms with Crippen LogP contribution in [-0.2, 0) is 10.9 Å². The number of hydrogen-bond donors (Lipinski definition) is 0. The number of hydrogen-bond acceptors (Lipinski definition) is 5. The number of anilines is 1. The van der Waals surface area contributed by atoms with E-state index in [0.717, 1.165) is 18.2 Å². The lowest BCUT2D eigenvalue weighted by Gasteiger charge is -2.28. The summed E-state index contributed by atoms with van der Waals surface area (Å²) in [5.74, 6) is -0.929. The minimum absolute atomic E-state index is 0.124. The van der Waals surface area contributed by atoms with Gasteiger partial charge in [0.05, 0.1) is 24.4 Å². The van der Waals surface area contributed by atoms with Gasteiger partial charge in [-0.1, -0.05) is 0 Å². The molecule has 1 saturated heterocycles. The zero-order valence-corrected chi connectivity index (χ0v) is 16.0. The van der Waals surface area contributed by atoms with E-state index in [1.165, 1.54) is 10.7 Å². The molecule has 2 aromatic heterocycles. The third-order valence-electron chi connectivity index (χ3n) is 5.07. The number of ether oxygens (including phenoxy) is 1. The van der Waals surface area contributed by atoms with E-state index in [2.05, 4.69) is 10.1 Å². The quantitative estimate of drug-likeness (QED) is 0.461. The van der Waals surface area contributed by atoms with E-state index in [4.69, 9.17) is 4.74 Å². The predicted octanol–water partition coefficient (Wildman–Crippen LogP) is 4.41. The van der Waals surface area contributed by atoms with Crippen LogP contribution in [0.1, 0.15) is 47.3 Å². The van der Waals surface area contributed by atoms with Crippen molar-refractivity contribution in [2.24, 2.45) is 0 Å². The molecule has 1 fully saturated rings. The van der Waals surface area contributed by atoms with Crippen molar-refractivity contribution in [2.45, 2.75) is 32.0 Å². The van der Waals surface area contributed by atoms with Gasteiger partial charge in [-0.25, -0.2) is 18.7 Å². The number of carbonyl (C=O) groups is 1. The van der Waals surface area contributed by atoms with Crippen LogP contribution in [0, 0.1) is 5.82 Å². The summed E-state index contributed by atoms with van der Waals surface area (Å²) in [6, 6.07) is 3.44. The number of rotatable bonds is 4. The molecule has 158 valence electrons. The Kier molecular flexibility index (Phi) is 5.08. The third-order valence-corrected chi connectivity index (χ3v) is 5.07. The maximum atomic E-state index is 13.8. The number of nitrogens with zero attached hydrogens (tertiary/aromatic N) is 4. The SMILES string of the molecule is CCOC(=O)c1cnn2ccc(N3CCC[C@@H]3c3cc(F)ccc3C(F)(F)F)nc12. The molecule has 30 heavy (non-hydrogen) atoms. The topological polar surface area (TPSA) is 59.7 Å². The average molecular weight is 422 g/mol. The van der Waals surface area contributed by atoms with Gasteiger partial charge in [0.15, 0.2) is 5.65 Å². The largest absolute Gasteiger partial charge is 0.462 e. The molecule has 6 nitrogen and oxygen atoms in total. The van der Waals surface area contributed by atoms with Gasteiger partial charge in [-0.2, -0.15) is 18.3 Å². The Morgan fingerprint density at radius 3 is 2.83 bits per heavy atom. The second-order valence-electron chi connectivity index (χ2n) is 6.91. The molecule has 10 heteroatoms. The highest BCUT2D eigenvalue weighted by atomic mass is 19.4. The number of benzene rings is 1. The van der Waals surface area contributed by atoms with Crippen LogP contribution < -0.4 is 4.90 Å². The second-order valence-corrected chi connectivity index (χ2v) is 6.91. The average Bonchev–Trinajstić information content (AvgIpc) is 3.33. The van der Waals surface area contributed by atoms with Crippen LogP contribution in [0.5, 0.6) is 0 Å². The molecule has 3 heterocycles. The van der Waals surface area contributed by atoms with Gasteiger partial charge < -0.3 is 9.64 Å². The summed E-state index contributed by atoms with van der Waals surface area (Å²) in [5.41, 5.74) is -0.581. The minimum atomic E-state index is -4.60. The van der Waals surface area contributed by atoms with Gasteiger partial charge in [-0.05, 0) is 49.6 Å². The van der Waals surface area contributed by atoms with Crippen molar-refractivity contribution in [1.29, 1.82) is 0 Å². The van der Waals surface area contributed by atoms with Crippen LogP contribution in [0.15, 0.2) is 36.7 Å². The first kappa shape index (κ1) is 20.1. The van der Waals surface area contributed by atoms with Crippen molar-refractivity contribution in [2.75, 3.05) is 18.1 Å². The van der Waals surface area contributed by atoms with E-state index in [0.29, 0.717) is 25.2 Å². The summed E-state index contributed by atoms with van der Waals surface area (Å²) in [5, 5.41) is 4.06. The molecule has 0 bridgehead atoms. The minimum Gasteiger partial charge on any atom is -0.462 e. The molecule has 1 aliphatic rings. The van der Waals surface area contributed by atoms with E-state index in [-0.39, 0.29) is 23.4 Å². The van der Waals surface area contributed by atoms with Crippen molar-refractivity contribution in [3.05, 3.63) is 59.2 Å². The molecule has 0 N–H and O–H groups in total. The monoisotopic (exact) mass is 422 g/mol. The molecule has 0 spiro atoms. The lowest BCUT2D eigenvalue weighted by Crippen LogP contribution is -2.26. The van der Waals surface area contributed by atoms with Gasteiger partial charge in [0.25, 0.3) is 0 Å². The molecule has 0 saturated carbocycles. The summed E-state index contributed by atoms with van der Waals surface area (Å²) in [6.45, 7) is 2.31. The molecule has 1 aliphatic heterocycles. The van der Waals surface area contributed by atoms with Crippen LogP contribution >= 0.6 is 0 Å². The summed E-state index contributed by atoms with van der Waals surface area (Å²) >= 11 is 0. The van der Waals surface area contributed by atoms with E-state index in [1.807, 2.05) is 0 Å². The lowest BCUT2D eigenvalue weighted by atomic mass is 9.97. The van der Waals surface area contributed by atoms with Crippen molar-refractivity contribution >= 4 is 17.4 Å². The van der Waals surface area contributed by atoms with E-state index in [1.54, 1.807) is 24.1 Å². The van der Waals surface area contributed by atoms with Gasteiger partial charge in [0.2, 0.25) is 0 Å². The van der Waals surface area contributed by atoms with Crippen LogP contribution in [0.25, 0.3) is 5.65 Å². The highest BCUT2D eigenvalue weighted by molar-refractivity contribution is 5.95. The summed E-state index contributed by atoms with van der Waals surface area (Å²) in [7, 11) is 0. The molecule has 0 aliphatic carbocycles. The van der Waals surface area contributed by atoms with Crippen LogP contribution in [0.4, 0.5) is 23.4 Å². The second kappa shape index (κ2) is 7.58. The summed E-state index contributed by atoms with van der Waals surface area (Å²) in [4.78, 5) is 18.3. The van der Waals surface area contributed by atoms with Crippen molar-refractivity contribution in [1.82, 2.24) is 14.6 Å². The fourth-order valence-electron chi connectivity index (χ4n) is 3.80. The fraction of sp³-hybridized carbons (Fsp3) is 0.350. The van der Waals surface area contributed by atoms with Crippen molar-refractivity contribution in [3.8, 4) is 0 Å². The Bertz CT molecular complexity index is 1100. The third kappa shape index (κ3) is 3.57. The molecular weight excluding hydrogens is 404 g/mol. The Hall–Kier alpha value is -3.17. The molecule has 1 aromatic carbocycles. The molecule has 0 radical (unpaired) electrons. The molecule has 4 rings (SSSR count). The zero-order chi connectivity index (χ0) is 21.5. The van der Waals surface area contributed by atoms with Crippen LogP contribution in [0.3, 0.4) is 0 Å². The van der Waals surface area contributed by atoms with Gasteiger partial charge in [0.1, 0.15) is 17.2 Å². The maximum absolute atomic E-state index is 13.8. The van der Waals surface area contributed by atoms with Gasteiger partial charge in [0, 0.05) is 12.7 Å². The highest BCUT2D eigenvalue weighted by Crippen LogP contribution is 2.42. The summed E-state index contributed by atoms with van der Waals surface area (Å²) in [6.07, 6.45) is -0.651. The Labute approximate surface area is 169 Å². The number of esters is 1. The van der Waals surface area contributed by atoms with E-state index >= 15 is 0 Å². The lowest BCUT2D eigenvalue weighted by molar-refractivity contribution is -0.138. The number of halogens is 4. The first-order valence-electron chi connectivity index (χ1n) is 9.44. The molecular formula is C20H18F4N4O2. The Balaban J connectivity index is 1.76. The van der Waals surface area contributed by atoms with Gasteiger partial charge >= 0.3 is 12.1 Å². The Morgan fingerprint density at radius 1 is 1.30 bits per heavy atom. The number of alkyl halides is 3. The smallest absolute Gasteiger partial charge is 0.416 e. The predicted molar refractivity (Wildman–Crippen MR) is 99.7 cm³/mol. The first-order chi connectivity index (χ1) is 14.3.